The van der Waals surface area contributed by atoms with E-state index in [2.05, 4.69) is 23.8 Å². The van der Waals surface area contributed by atoms with E-state index in [-0.39, 0.29) is 17.9 Å². The number of carbonyl (C=O) groups is 2. The van der Waals surface area contributed by atoms with Crippen LogP contribution < -0.4 is 0 Å². The molecular weight excluding hydrogens is 318 g/mol. The molecule has 7 heteroatoms. The third-order valence-electron chi connectivity index (χ3n) is 5.68. The van der Waals surface area contributed by atoms with Crippen LogP contribution in [0.15, 0.2) is 0 Å². The van der Waals surface area contributed by atoms with Crippen molar-refractivity contribution in [2.75, 3.05) is 39.3 Å². The van der Waals surface area contributed by atoms with Gasteiger partial charge in [-0.2, -0.15) is 5.10 Å². The van der Waals surface area contributed by atoms with Crippen molar-refractivity contribution in [1.82, 2.24) is 24.5 Å². The summed E-state index contributed by atoms with van der Waals surface area (Å²) in [4.78, 5) is 30.2. The van der Waals surface area contributed by atoms with Crippen LogP contribution in [0.2, 0.25) is 0 Å². The van der Waals surface area contributed by atoms with Crippen molar-refractivity contribution in [1.29, 1.82) is 0 Å². The Morgan fingerprint density at radius 3 is 2.28 bits per heavy atom. The predicted molar refractivity (Wildman–Crippen MR) is 95.1 cm³/mol. The van der Waals surface area contributed by atoms with Gasteiger partial charge in [0.05, 0.1) is 12.2 Å². The minimum Gasteiger partial charge on any atom is -0.339 e. The first-order valence-electron chi connectivity index (χ1n) is 9.16. The second kappa shape index (κ2) is 7.15. The molecule has 138 valence electrons. The molecule has 0 aromatic carbocycles. The molecule has 1 aromatic rings. The van der Waals surface area contributed by atoms with E-state index in [1.165, 1.54) is 11.3 Å². The van der Waals surface area contributed by atoms with Gasteiger partial charge < -0.3 is 9.80 Å². The molecule has 3 heterocycles. The number of amides is 2. The average molecular weight is 347 g/mol. The summed E-state index contributed by atoms with van der Waals surface area (Å²) >= 11 is 0. The molecule has 2 saturated heterocycles. The van der Waals surface area contributed by atoms with Crippen LogP contribution in [0.25, 0.3) is 0 Å². The molecular formula is C18H29N5O2. The largest absolute Gasteiger partial charge is 0.339 e. The number of piperazine rings is 1. The Morgan fingerprint density at radius 2 is 1.72 bits per heavy atom. The number of hydrogen-bond donors (Lipinski definition) is 0. The average Bonchev–Trinajstić information content (AvgIpc) is 3.11. The van der Waals surface area contributed by atoms with E-state index in [0.717, 1.165) is 25.1 Å². The number of aromatic nitrogens is 2. The number of aryl methyl sites for hydroxylation is 2. The molecule has 0 bridgehead atoms. The zero-order valence-electron chi connectivity index (χ0n) is 15.8. The maximum atomic E-state index is 12.7. The molecule has 0 aliphatic carbocycles. The Bertz CT molecular complexity index is 661. The predicted octanol–water partition coefficient (Wildman–Crippen LogP) is 0.865. The van der Waals surface area contributed by atoms with Crippen LogP contribution in [0.1, 0.15) is 42.8 Å². The van der Waals surface area contributed by atoms with Crippen LogP contribution in [0.5, 0.6) is 0 Å². The third kappa shape index (κ3) is 3.56. The van der Waals surface area contributed by atoms with Gasteiger partial charge in [0.15, 0.2) is 0 Å². The minimum atomic E-state index is 0.0919. The van der Waals surface area contributed by atoms with Crippen molar-refractivity contribution in [3.05, 3.63) is 17.0 Å². The number of carbonyl (C=O) groups excluding carboxylic acids is 2. The summed E-state index contributed by atoms with van der Waals surface area (Å²) in [7, 11) is 1.98. The van der Waals surface area contributed by atoms with E-state index < -0.39 is 0 Å². The lowest BCUT2D eigenvalue weighted by molar-refractivity contribution is -0.139. The maximum absolute atomic E-state index is 12.7. The molecule has 1 aromatic heterocycles. The van der Waals surface area contributed by atoms with Crippen molar-refractivity contribution >= 4 is 11.8 Å². The molecule has 0 spiro atoms. The zero-order valence-corrected chi connectivity index (χ0v) is 15.8. The lowest BCUT2D eigenvalue weighted by Crippen LogP contribution is -2.52. The van der Waals surface area contributed by atoms with Crippen molar-refractivity contribution in [3.63, 3.8) is 0 Å². The lowest BCUT2D eigenvalue weighted by Gasteiger charge is -2.35. The summed E-state index contributed by atoms with van der Waals surface area (Å²) in [6, 6.07) is 0.288. The second-order valence-electron chi connectivity index (χ2n) is 7.22. The molecule has 25 heavy (non-hydrogen) atoms. The smallest absolute Gasteiger partial charge is 0.236 e. The van der Waals surface area contributed by atoms with Gasteiger partial charge in [0.1, 0.15) is 0 Å². The van der Waals surface area contributed by atoms with Crippen molar-refractivity contribution < 1.29 is 9.59 Å². The van der Waals surface area contributed by atoms with Gasteiger partial charge in [-0.25, -0.2) is 0 Å². The highest BCUT2D eigenvalue weighted by Crippen LogP contribution is 2.35. The summed E-state index contributed by atoms with van der Waals surface area (Å²) in [5.74, 6) is 0.267. The van der Waals surface area contributed by atoms with Crippen molar-refractivity contribution in [3.8, 4) is 0 Å². The molecule has 2 amide bonds. The molecule has 0 saturated carbocycles. The van der Waals surface area contributed by atoms with Crippen LogP contribution in [0, 0.1) is 13.8 Å². The van der Waals surface area contributed by atoms with Crippen LogP contribution in [0.3, 0.4) is 0 Å². The fourth-order valence-electron chi connectivity index (χ4n) is 4.16. The number of hydrogen-bond acceptors (Lipinski definition) is 4. The Kier molecular flexibility index (Phi) is 5.13. The van der Waals surface area contributed by atoms with Crippen molar-refractivity contribution in [2.24, 2.45) is 7.05 Å². The molecule has 1 atom stereocenters. The van der Waals surface area contributed by atoms with Gasteiger partial charge in [0.25, 0.3) is 0 Å². The van der Waals surface area contributed by atoms with Crippen LogP contribution in [-0.4, -0.2) is 75.6 Å². The summed E-state index contributed by atoms with van der Waals surface area (Å²) < 4.78 is 1.93. The van der Waals surface area contributed by atoms with Gasteiger partial charge in [-0.3, -0.25) is 19.2 Å². The van der Waals surface area contributed by atoms with Gasteiger partial charge in [-0.1, -0.05) is 0 Å². The Labute approximate surface area is 149 Å². The first-order valence-corrected chi connectivity index (χ1v) is 9.16. The quantitative estimate of drug-likeness (QED) is 0.814. The maximum Gasteiger partial charge on any atom is 0.236 e. The molecule has 0 unspecified atom stereocenters. The normalized spacial score (nSPS) is 21.8. The zero-order chi connectivity index (χ0) is 18.1. The first-order chi connectivity index (χ1) is 11.9. The fourth-order valence-corrected chi connectivity index (χ4v) is 4.16. The highest BCUT2D eigenvalue weighted by Gasteiger charge is 2.33. The topological polar surface area (TPSA) is 61.7 Å². The summed E-state index contributed by atoms with van der Waals surface area (Å²) in [6.07, 6.45) is 2.20. The van der Waals surface area contributed by atoms with Crippen molar-refractivity contribution in [2.45, 2.75) is 39.7 Å². The molecule has 2 aliphatic rings. The standard InChI is InChI=1S/C18H29N5O2/c1-13-18(14(2)20(4)19-13)16-6-5-7-23(16)12-17(25)22-10-8-21(9-11-22)15(3)24/h16H,5-12H2,1-4H3/t16-/m1/s1. The van der Waals surface area contributed by atoms with E-state index in [1.54, 1.807) is 6.92 Å². The van der Waals surface area contributed by atoms with Crippen LogP contribution >= 0.6 is 0 Å². The van der Waals surface area contributed by atoms with E-state index in [4.69, 9.17) is 0 Å². The second-order valence-corrected chi connectivity index (χ2v) is 7.22. The van der Waals surface area contributed by atoms with Gasteiger partial charge >= 0.3 is 0 Å². The molecule has 3 rings (SSSR count). The van der Waals surface area contributed by atoms with E-state index in [0.29, 0.717) is 32.7 Å². The number of nitrogens with zero attached hydrogens (tertiary/aromatic N) is 5. The highest BCUT2D eigenvalue weighted by atomic mass is 16.2. The molecule has 0 N–H and O–H groups in total. The monoisotopic (exact) mass is 347 g/mol. The Hall–Kier alpha value is -1.89. The molecule has 0 radical (unpaired) electrons. The Balaban J connectivity index is 1.64. The number of rotatable bonds is 3. The van der Waals surface area contributed by atoms with Gasteiger partial charge in [0, 0.05) is 57.4 Å². The summed E-state index contributed by atoms with van der Waals surface area (Å²) in [5.41, 5.74) is 3.55. The summed E-state index contributed by atoms with van der Waals surface area (Å²) in [5, 5.41) is 4.54. The van der Waals surface area contributed by atoms with E-state index in [9.17, 15) is 9.59 Å². The van der Waals surface area contributed by atoms with Gasteiger partial charge in [0.2, 0.25) is 11.8 Å². The van der Waals surface area contributed by atoms with Crippen LogP contribution in [0.4, 0.5) is 0 Å². The van der Waals surface area contributed by atoms with Gasteiger partial charge in [-0.15, -0.1) is 0 Å². The summed E-state index contributed by atoms with van der Waals surface area (Å²) in [6.45, 7) is 9.73. The minimum absolute atomic E-state index is 0.0919. The molecule has 2 fully saturated rings. The van der Waals surface area contributed by atoms with E-state index >= 15 is 0 Å². The van der Waals surface area contributed by atoms with E-state index in [1.807, 2.05) is 21.5 Å². The lowest BCUT2D eigenvalue weighted by atomic mass is 10.0. The fraction of sp³-hybridized carbons (Fsp3) is 0.722. The molecule has 7 nitrogen and oxygen atoms in total. The number of likely N-dealkylation sites (tertiary alicyclic amines) is 1. The SMILES string of the molecule is CC(=O)N1CCN(C(=O)CN2CCC[C@@H]2c2c(C)nn(C)c2C)CC1. The third-order valence-corrected chi connectivity index (χ3v) is 5.68. The first kappa shape index (κ1) is 17.9. The molecule has 2 aliphatic heterocycles. The Morgan fingerprint density at radius 1 is 1.08 bits per heavy atom. The highest BCUT2D eigenvalue weighted by molar-refractivity contribution is 5.79. The van der Waals surface area contributed by atoms with Gasteiger partial charge in [-0.05, 0) is 33.2 Å². The van der Waals surface area contributed by atoms with Crippen LogP contribution in [-0.2, 0) is 16.6 Å².